The highest BCUT2D eigenvalue weighted by atomic mass is 16.5. The molecule has 0 aliphatic rings. The van der Waals surface area contributed by atoms with E-state index in [0.717, 1.165) is 27.3 Å². The molecule has 0 unspecified atom stereocenters. The molecule has 1 N–H and O–H groups in total. The van der Waals surface area contributed by atoms with E-state index < -0.39 is 11.5 Å². The number of nitrogens with zero attached hydrogens (tertiary/aromatic N) is 4. The van der Waals surface area contributed by atoms with Gasteiger partial charge in [-0.05, 0) is 74.5 Å². The normalized spacial score (nSPS) is 10.7. The second-order valence-corrected chi connectivity index (χ2v) is 8.26. The maximum absolute atomic E-state index is 12.5. The van der Waals surface area contributed by atoms with Crippen LogP contribution >= 0.6 is 0 Å². The quantitative estimate of drug-likeness (QED) is 0.326. The van der Waals surface area contributed by atoms with Gasteiger partial charge in [-0.3, -0.25) is 14.4 Å². The van der Waals surface area contributed by atoms with Gasteiger partial charge in [0, 0.05) is 29.8 Å². The molecule has 0 fully saturated rings. The summed E-state index contributed by atoms with van der Waals surface area (Å²) in [4.78, 5) is 37.1. The van der Waals surface area contributed by atoms with Crippen LogP contribution in [-0.4, -0.2) is 45.2 Å². The van der Waals surface area contributed by atoms with E-state index in [-0.39, 0.29) is 25.2 Å². The van der Waals surface area contributed by atoms with Crippen LogP contribution < -0.4 is 25.9 Å². The van der Waals surface area contributed by atoms with Crippen molar-refractivity contribution in [3.8, 4) is 34.0 Å². The van der Waals surface area contributed by atoms with Crippen molar-refractivity contribution in [3.63, 3.8) is 0 Å². The lowest BCUT2D eigenvalue weighted by atomic mass is 10.1. The zero-order valence-corrected chi connectivity index (χ0v) is 21.3. The molecule has 4 rings (SSSR count). The molecule has 0 aliphatic heterocycles. The maximum Gasteiger partial charge on any atom is 0.267 e. The number of carbonyl (C=O) groups excluding carboxylic acids is 1. The summed E-state index contributed by atoms with van der Waals surface area (Å²) < 4.78 is 13.3. The molecule has 2 aromatic carbocycles. The minimum absolute atomic E-state index is 0.159. The highest BCUT2D eigenvalue weighted by Gasteiger charge is 2.09. The number of nitrogens with one attached hydrogen (secondary N) is 1. The molecule has 0 aliphatic carbocycles. The highest BCUT2D eigenvalue weighted by Crippen LogP contribution is 2.21. The molecule has 0 saturated carbocycles. The first kappa shape index (κ1) is 26.3. The molecule has 0 spiro atoms. The average molecular weight is 516 g/mol. The fraction of sp³-hybridized carbons (Fsp3) is 0.250. The molecule has 196 valence electrons. The molecule has 2 heterocycles. The molecular weight excluding hydrogens is 486 g/mol. The van der Waals surface area contributed by atoms with Crippen LogP contribution in [0.3, 0.4) is 0 Å². The Morgan fingerprint density at radius 1 is 0.711 bits per heavy atom. The Labute approximate surface area is 219 Å². The van der Waals surface area contributed by atoms with Gasteiger partial charge >= 0.3 is 0 Å². The molecule has 10 heteroatoms. The third-order valence-electron chi connectivity index (χ3n) is 5.59. The highest BCUT2D eigenvalue weighted by molar-refractivity contribution is 5.75. The largest absolute Gasteiger partial charge is 0.494 e. The number of benzene rings is 2. The monoisotopic (exact) mass is 515 g/mol. The van der Waals surface area contributed by atoms with Gasteiger partial charge in [0.05, 0.1) is 31.1 Å². The standard InChI is InChI=1S/C28H29N5O5/c1-3-37-22-9-5-20(6-10-22)24-13-15-27(35)32(30-24)18-17-29-26(34)19-33-28(36)16-14-25(31-33)21-7-11-23(12-8-21)38-4-2/h5-16H,3-4,17-19H2,1-2H3,(H,29,34). The van der Waals surface area contributed by atoms with Gasteiger partial charge in [0.15, 0.2) is 0 Å². The Bertz CT molecular complexity index is 1490. The molecule has 0 saturated heterocycles. The Morgan fingerprint density at radius 2 is 1.18 bits per heavy atom. The maximum atomic E-state index is 12.5. The van der Waals surface area contributed by atoms with Crippen LogP contribution in [0.15, 0.2) is 82.4 Å². The molecule has 0 bridgehead atoms. The van der Waals surface area contributed by atoms with Crippen molar-refractivity contribution in [2.45, 2.75) is 26.9 Å². The fourth-order valence-electron chi connectivity index (χ4n) is 3.75. The molecule has 2 aromatic heterocycles. The van der Waals surface area contributed by atoms with Crippen LogP contribution in [0.5, 0.6) is 11.5 Å². The summed E-state index contributed by atoms with van der Waals surface area (Å²) in [5.41, 5.74) is 2.14. The number of aromatic nitrogens is 4. The Hall–Kier alpha value is -4.73. The predicted molar refractivity (Wildman–Crippen MR) is 143 cm³/mol. The number of ether oxygens (including phenoxy) is 2. The minimum Gasteiger partial charge on any atom is -0.494 e. The van der Waals surface area contributed by atoms with E-state index in [1.165, 1.54) is 16.8 Å². The summed E-state index contributed by atoms with van der Waals surface area (Å²) >= 11 is 0. The van der Waals surface area contributed by atoms with Crippen molar-refractivity contribution in [1.82, 2.24) is 24.9 Å². The van der Waals surface area contributed by atoms with Gasteiger partial charge in [-0.1, -0.05) is 0 Å². The number of carbonyl (C=O) groups is 1. The van der Waals surface area contributed by atoms with Crippen LogP contribution in [0, 0.1) is 0 Å². The van der Waals surface area contributed by atoms with Gasteiger partial charge in [-0.2, -0.15) is 10.2 Å². The first-order valence-electron chi connectivity index (χ1n) is 12.4. The molecule has 38 heavy (non-hydrogen) atoms. The van der Waals surface area contributed by atoms with Gasteiger partial charge in [-0.15, -0.1) is 0 Å². The van der Waals surface area contributed by atoms with Crippen LogP contribution in [0.2, 0.25) is 0 Å². The lowest BCUT2D eigenvalue weighted by Crippen LogP contribution is -2.36. The van der Waals surface area contributed by atoms with Crippen molar-refractivity contribution in [1.29, 1.82) is 0 Å². The van der Waals surface area contributed by atoms with Crippen molar-refractivity contribution in [2.24, 2.45) is 0 Å². The predicted octanol–water partition coefficient (Wildman–Crippen LogP) is 2.75. The van der Waals surface area contributed by atoms with E-state index >= 15 is 0 Å². The topological polar surface area (TPSA) is 117 Å². The molecule has 1 amide bonds. The summed E-state index contributed by atoms with van der Waals surface area (Å²) in [6.45, 7) is 5.04. The van der Waals surface area contributed by atoms with Gasteiger partial charge in [0.2, 0.25) is 5.91 Å². The fourth-order valence-corrected chi connectivity index (χ4v) is 3.75. The van der Waals surface area contributed by atoms with Gasteiger partial charge in [0.1, 0.15) is 18.0 Å². The van der Waals surface area contributed by atoms with Crippen LogP contribution in [0.25, 0.3) is 22.5 Å². The molecule has 4 aromatic rings. The smallest absolute Gasteiger partial charge is 0.267 e. The van der Waals surface area contributed by atoms with Crippen molar-refractivity contribution < 1.29 is 14.3 Å². The minimum atomic E-state index is -0.404. The third-order valence-corrected chi connectivity index (χ3v) is 5.59. The summed E-state index contributed by atoms with van der Waals surface area (Å²) in [5.74, 6) is 1.09. The van der Waals surface area contributed by atoms with Crippen molar-refractivity contribution in [3.05, 3.63) is 93.5 Å². The van der Waals surface area contributed by atoms with E-state index in [2.05, 4.69) is 15.5 Å². The van der Waals surface area contributed by atoms with Gasteiger partial charge in [0.25, 0.3) is 11.1 Å². The third kappa shape index (κ3) is 6.73. The Morgan fingerprint density at radius 3 is 1.68 bits per heavy atom. The van der Waals surface area contributed by atoms with E-state index in [0.29, 0.717) is 24.6 Å². The second kappa shape index (κ2) is 12.5. The summed E-state index contributed by atoms with van der Waals surface area (Å²) in [7, 11) is 0. The Balaban J connectivity index is 1.37. The first-order valence-corrected chi connectivity index (χ1v) is 12.4. The summed E-state index contributed by atoms with van der Waals surface area (Å²) in [6, 6.07) is 20.8. The zero-order valence-electron chi connectivity index (χ0n) is 21.3. The van der Waals surface area contributed by atoms with E-state index in [4.69, 9.17) is 9.47 Å². The van der Waals surface area contributed by atoms with Crippen LogP contribution in [-0.2, 0) is 17.9 Å². The number of rotatable bonds is 11. The van der Waals surface area contributed by atoms with E-state index in [1.54, 1.807) is 12.1 Å². The van der Waals surface area contributed by atoms with Crippen molar-refractivity contribution >= 4 is 5.91 Å². The van der Waals surface area contributed by atoms with Crippen LogP contribution in [0.1, 0.15) is 13.8 Å². The SMILES string of the molecule is CCOc1ccc(-c2ccc(=O)n(CCNC(=O)Cn3nc(-c4ccc(OCC)cc4)ccc3=O)n2)cc1. The Kier molecular flexibility index (Phi) is 8.65. The number of hydrogen-bond acceptors (Lipinski definition) is 7. The van der Waals surface area contributed by atoms with Gasteiger partial charge in [-0.25, -0.2) is 9.36 Å². The molecule has 10 nitrogen and oxygen atoms in total. The van der Waals surface area contributed by atoms with E-state index in [9.17, 15) is 14.4 Å². The average Bonchev–Trinajstić information content (AvgIpc) is 2.92. The molecule has 0 atom stereocenters. The molecule has 0 radical (unpaired) electrons. The van der Waals surface area contributed by atoms with Crippen LogP contribution in [0.4, 0.5) is 0 Å². The summed E-state index contributed by atoms with van der Waals surface area (Å²) in [5, 5.41) is 11.5. The number of hydrogen-bond donors (Lipinski definition) is 1. The molecular formula is C28H29N5O5. The van der Waals surface area contributed by atoms with E-state index in [1.807, 2.05) is 62.4 Å². The zero-order chi connectivity index (χ0) is 26.9. The van der Waals surface area contributed by atoms with Crippen molar-refractivity contribution in [2.75, 3.05) is 19.8 Å². The number of amides is 1. The van der Waals surface area contributed by atoms with Gasteiger partial charge < -0.3 is 14.8 Å². The second-order valence-electron chi connectivity index (χ2n) is 8.26. The first-order chi connectivity index (χ1) is 18.5. The summed E-state index contributed by atoms with van der Waals surface area (Å²) in [6.07, 6.45) is 0. The lowest BCUT2D eigenvalue weighted by molar-refractivity contribution is -0.121. The lowest BCUT2D eigenvalue weighted by Gasteiger charge is -2.10.